The summed E-state index contributed by atoms with van der Waals surface area (Å²) in [5, 5.41) is 9.64. The van der Waals surface area contributed by atoms with E-state index in [1.54, 1.807) is 0 Å². The summed E-state index contributed by atoms with van der Waals surface area (Å²) in [6.07, 6.45) is 1.96. The first-order valence-electron chi connectivity index (χ1n) is 4.79. The van der Waals surface area contributed by atoms with Gasteiger partial charge in [-0.25, -0.2) is 0 Å². The lowest BCUT2D eigenvalue weighted by molar-refractivity contribution is 0.0442. The van der Waals surface area contributed by atoms with Gasteiger partial charge in [0.1, 0.15) is 0 Å². The molecular formula is C11H22OSi. The molecule has 0 aliphatic carbocycles. The maximum Gasteiger partial charge on any atom is 0.0781 e. The molecule has 0 fully saturated rings. The first-order chi connectivity index (χ1) is 5.63. The van der Waals surface area contributed by atoms with Gasteiger partial charge in [-0.3, -0.25) is 0 Å². The summed E-state index contributed by atoms with van der Waals surface area (Å²) < 4.78 is 0. The predicted molar refractivity (Wildman–Crippen MR) is 61.5 cm³/mol. The normalized spacial score (nSPS) is 14.7. The summed E-state index contributed by atoms with van der Waals surface area (Å²) in [7, 11) is -1.13. The molecule has 1 nitrogen and oxygen atoms in total. The smallest absolute Gasteiger partial charge is 0.0781 e. The van der Waals surface area contributed by atoms with Gasteiger partial charge in [-0.2, -0.15) is 0 Å². The van der Waals surface area contributed by atoms with Gasteiger partial charge in [-0.15, -0.1) is 5.73 Å². The molecule has 0 aromatic carbocycles. The fraction of sp³-hybridized carbons (Fsp3) is 0.727. The minimum Gasteiger partial charge on any atom is -0.390 e. The maximum absolute atomic E-state index is 9.64. The summed E-state index contributed by atoms with van der Waals surface area (Å²) >= 11 is 0. The van der Waals surface area contributed by atoms with E-state index in [0.29, 0.717) is 0 Å². The molecule has 0 unspecified atom stereocenters. The molecule has 0 aliphatic heterocycles. The fourth-order valence-corrected chi connectivity index (χ4v) is 1.24. The molecule has 1 N–H and O–H groups in total. The molecule has 2 heteroatoms. The average Bonchev–Trinajstić information content (AvgIpc) is 1.82. The van der Waals surface area contributed by atoms with Crippen LogP contribution in [0.15, 0.2) is 17.5 Å². The van der Waals surface area contributed by atoms with Gasteiger partial charge in [0.15, 0.2) is 0 Å². The third kappa shape index (κ3) is 6.82. The summed E-state index contributed by atoms with van der Waals surface area (Å²) in [5.41, 5.74) is 4.71. The van der Waals surface area contributed by atoms with Crippen LogP contribution >= 0.6 is 0 Å². The summed E-state index contributed by atoms with van der Waals surface area (Å²) in [5.74, 6) is 0.153. The highest BCUT2D eigenvalue weighted by Gasteiger charge is 2.19. The zero-order valence-corrected chi connectivity index (χ0v) is 10.7. The lowest BCUT2D eigenvalue weighted by Crippen LogP contribution is -2.26. The van der Waals surface area contributed by atoms with Crippen LogP contribution in [0.5, 0.6) is 0 Å². The van der Waals surface area contributed by atoms with E-state index >= 15 is 0 Å². The Morgan fingerprint density at radius 3 is 2.08 bits per heavy atom. The second-order valence-electron chi connectivity index (χ2n) is 5.29. The van der Waals surface area contributed by atoms with Crippen molar-refractivity contribution in [2.45, 2.75) is 46.0 Å². The minimum absolute atomic E-state index is 0.153. The number of rotatable bonds is 3. The molecule has 0 rings (SSSR count). The molecule has 0 aromatic heterocycles. The van der Waals surface area contributed by atoms with Crippen molar-refractivity contribution in [3.63, 3.8) is 0 Å². The van der Waals surface area contributed by atoms with E-state index in [9.17, 15) is 5.11 Å². The average molecular weight is 198 g/mol. The van der Waals surface area contributed by atoms with Crippen molar-refractivity contribution in [1.82, 2.24) is 0 Å². The van der Waals surface area contributed by atoms with E-state index in [1.807, 2.05) is 26.8 Å². The maximum atomic E-state index is 9.64. The molecule has 13 heavy (non-hydrogen) atoms. The van der Waals surface area contributed by atoms with E-state index in [2.05, 4.69) is 31.1 Å². The van der Waals surface area contributed by atoms with E-state index < -0.39 is 13.7 Å². The van der Waals surface area contributed by atoms with E-state index in [0.717, 1.165) is 0 Å². The van der Waals surface area contributed by atoms with Crippen molar-refractivity contribution in [2.24, 2.45) is 5.92 Å². The standard InChI is InChI=1S/C11H22OSi/c1-10(11(2,3)12)8-7-9-13(4,5)6/h8-10,12H,1-6H3/t7?,10-/m0/s1. The number of hydrogen-bond donors (Lipinski definition) is 1. The van der Waals surface area contributed by atoms with Crippen LogP contribution in [0.3, 0.4) is 0 Å². The van der Waals surface area contributed by atoms with Gasteiger partial charge < -0.3 is 5.11 Å². The zero-order valence-electron chi connectivity index (χ0n) is 9.68. The summed E-state index contributed by atoms with van der Waals surface area (Å²) in [4.78, 5) is 0. The Bertz CT molecular complexity index is 211. The second kappa shape index (κ2) is 4.27. The highest BCUT2D eigenvalue weighted by Crippen LogP contribution is 2.16. The SMILES string of the molecule is C[C@@H](C=C=C[Si](C)(C)C)C(C)(C)O. The molecule has 0 spiro atoms. The van der Waals surface area contributed by atoms with Gasteiger partial charge in [-0.1, -0.05) is 32.3 Å². The molecule has 76 valence electrons. The molecule has 0 radical (unpaired) electrons. The molecule has 0 aliphatic rings. The van der Waals surface area contributed by atoms with Crippen molar-refractivity contribution in [1.29, 1.82) is 0 Å². The topological polar surface area (TPSA) is 20.2 Å². The third-order valence-corrected chi connectivity index (χ3v) is 3.01. The van der Waals surface area contributed by atoms with Gasteiger partial charge in [-0.05, 0) is 19.9 Å². The first-order valence-corrected chi connectivity index (χ1v) is 8.37. The Hall–Kier alpha value is -0.303. The highest BCUT2D eigenvalue weighted by atomic mass is 28.3. The van der Waals surface area contributed by atoms with Crippen molar-refractivity contribution in [2.75, 3.05) is 0 Å². The Labute approximate surface area is 83.2 Å². The fourth-order valence-electron chi connectivity index (χ4n) is 0.646. The predicted octanol–water partition coefficient (Wildman–Crippen LogP) is 2.98. The second-order valence-corrected chi connectivity index (χ2v) is 10.3. The zero-order chi connectivity index (χ0) is 10.7. The van der Waals surface area contributed by atoms with Crippen LogP contribution in [0.2, 0.25) is 19.6 Å². The van der Waals surface area contributed by atoms with E-state index in [1.165, 1.54) is 0 Å². The largest absolute Gasteiger partial charge is 0.390 e. The number of hydrogen-bond acceptors (Lipinski definition) is 1. The Morgan fingerprint density at radius 1 is 1.31 bits per heavy atom. The molecule has 0 saturated heterocycles. The van der Waals surface area contributed by atoms with Crippen LogP contribution in [0.4, 0.5) is 0 Å². The Kier molecular flexibility index (Phi) is 4.17. The van der Waals surface area contributed by atoms with Crippen LogP contribution in [0.1, 0.15) is 20.8 Å². The van der Waals surface area contributed by atoms with Crippen LogP contribution < -0.4 is 0 Å². The lowest BCUT2D eigenvalue weighted by atomic mass is 9.93. The molecule has 0 bridgehead atoms. The molecule has 0 amide bonds. The van der Waals surface area contributed by atoms with Gasteiger partial charge in [0.2, 0.25) is 0 Å². The molecule has 0 aromatic rings. The third-order valence-electron chi connectivity index (χ3n) is 1.98. The first kappa shape index (κ1) is 12.7. The summed E-state index contributed by atoms with van der Waals surface area (Å²) in [6, 6.07) is 0. The lowest BCUT2D eigenvalue weighted by Gasteiger charge is -2.21. The quantitative estimate of drug-likeness (QED) is 0.546. The van der Waals surface area contributed by atoms with E-state index in [4.69, 9.17) is 0 Å². The molecular weight excluding hydrogens is 176 g/mol. The van der Waals surface area contributed by atoms with Gasteiger partial charge in [0.25, 0.3) is 0 Å². The number of aliphatic hydroxyl groups is 1. The molecule has 1 atom stereocenters. The van der Waals surface area contributed by atoms with Crippen molar-refractivity contribution >= 4 is 8.07 Å². The molecule has 0 heterocycles. The van der Waals surface area contributed by atoms with Gasteiger partial charge in [0.05, 0.1) is 13.7 Å². The van der Waals surface area contributed by atoms with Crippen molar-refractivity contribution in [3.05, 3.63) is 17.5 Å². The van der Waals surface area contributed by atoms with Gasteiger partial charge in [0, 0.05) is 5.92 Å². The van der Waals surface area contributed by atoms with Crippen molar-refractivity contribution in [3.8, 4) is 0 Å². The van der Waals surface area contributed by atoms with Crippen LogP contribution in [-0.2, 0) is 0 Å². The van der Waals surface area contributed by atoms with Gasteiger partial charge >= 0.3 is 0 Å². The van der Waals surface area contributed by atoms with Crippen LogP contribution in [0, 0.1) is 5.92 Å². The van der Waals surface area contributed by atoms with Crippen molar-refractivity contribution < 1.29 is 5.11 Å². The highest BCUT2D eigenvalue weighted by molar-refractivity contribution is 6.80. The monoisotopic (exact) mass is 198 g/mol. The molecule has 0 saturated carbocycles. The Morgan fingerprint density at radius 2 is 1.77 bits per heavy atom. The summed E-state index contributed by atoms with van der Waals surface area (Å²) in [6.45, 7) is 12.5. The minimum atomic E-state index is -1.13. The van der Waals surface area contributed by atoms with Crippen LogP contribution in [0.25, 0.3) is 0 Å². The van der Waals surface area contributed by atoms with Crippen LogP contribution in [-0.4, -0.2) is 18.8 Å². The Balaban J connectivity index is 4.37. The van der Waals surface area contributed by atoms with E-state index in [-0.39, 0.29) is 5.92 Å².